The Balaban J connectivity index is 2.69. The largest absolute Gasteiger partial charge is 0.338 e. The number of hydrogen-bond acceptors (Lipinski definition) is 2. The summed E-state index contributed by atoms with van der Waals surface area (Å²) in [6, 6.07) is 8.05. The van der Waals surface area contributed by atoms with Gasteiger partial charge in [0.1, 0.15) is 12.7 Å². The van der Waals surface area contributed by atoms with E-state index in [1.807, 2.05) is 6.07 Å². The second-order valence-corrected chi connectivity index (χ2v) is 3.95. The standard InChI is InChI=1S/C13H18F2N2O/c14-7-4-9-17(10-8-15)13(18)12(16)11-5-2-1-3-6-11/h1-3,5-6,12H,4,7-10,16H2/t12-/m0/s1. The van der Waals surface area contributed by atoms with E-state index in [4.69, 9.17) is 5.73 Å². The molecule has 0 saturated carbocycles. The molecule has 0 aliphatic rings. The number of benzene rings is 1. The maximum atomic E-state index is 12.4. The fourth-order valence-corrected chi connectivity index (χ4v) is 1.68. The minimum Gasteiger partial charge on any atom is -0.338 e. The zero-order chi connectivity index (χ0) is 13.4. The van der Waals surface area contributed by atoms with Gasteiger partial charge in [-0.1, -0.05) is 30.3 Å². The number of carbonyl (C=O) groups is 1. The van der Waals surface area contributed by atoms with Crippen LogP contribution in [0.3, 0.4) is 0 Å². The first-order valence-corrected chi connectivity index (χ1v) is 5.92. The molecule has 0 spiro atoms. The van der Waals surface area contributed by atoms with Crippen molar-refractivity contribution in [3.8, 4) is 0 Å². The number of hydrogen-bond donors (Lipinski definition) is 1. The van der Waals surface area contributed by atoms with Crippen molar-refractivity contribution < 1.29 is 13.6 Å². The van der Waals surface area contributed by atoms with Crippen molar-refractivity contribution in [2.75, 3.05) is 26.4 Å². The lowest BCUT2D eigenvalue weighted by Crippen LogP contribution is -2.40. The smallest absolute Gasteiger partial charge is 0.244 e. The molecule has 18 heavy (non-hydrogen) atoms. The molecule has 1 rings (SSSR count). The topological polar surface area (TPSA) is 46.3 Å². The van der Waals surface area contributed by atoms with Crippen LogP contribution in [0.15, 0.2) is 30.3 Å². The van der Waals surface area contributed by atoms with Gasteiger partial charge >= 0.3 is 0 Å². The van der Waals surface area contributed by atoms with Crippen molar-refractivity contribution in [1.82, 2.24) is 4.90 Å². The van der Waals surface area contributed by atoms with Crippen molar-refractivity contribution in [3.05, 3.63) is 35.9 Å². The molecule has 0 fully saturated rings. The number of rotatable bonds is 7. The molecular weight excluding hydrogens is 238 g/mol. The van der Waals surface area contributed by atoms with E-state index in [1.54, 1.807) is 24.3 Å². The quantitative estimate of drug-likeness (QED) is 0.809. The van der Waals surface area contributed by atoms with Gasteiger partial charge in [0.2, 0.25) is 5.91 Å². The highest BCUT2D eigenvalue weighted by Crippen LogP contribution is 2.13. The van der Waals surface area contributed by atoms with E-state index < -0.39 is 19.4 Å². The first-order valence-electron chi connectivity index (χ1n) is 5.92. The van der Waals surface area contributed by atoms with Crippen LogP contribution in [-0.4, -0.2) is 37.2 Å². The van der Waals surface area contributed by atoms with E-state index in [9.17, 15) is 13.6 Å². The Morgan fingerprint density at radius 2 is 1.83 bits per heavy atom. The van der Waals surface area contributed by atoms with Gasteiger partial charge in [-0.15, -0.1) is 0 Å². The number of nitrogens with two attached hydrogens (primary N) is 1. The third-order valence-electron chi connectivity index (χ3n) is 2.65. The van der Waals surface area contributed by atoms with Crippen LogP contribution in [0, 0.1) is 0 Å². The van der Waals surface area contributed by atoms with Gasteiger partial charge in [-0.3, -0.25) is 9.18 Å². The van der Waals surface area contributed by atoms with E-state index >= 15 is 0 Å². The third-order valence-corrected chi connectivity index (χ3v) is 2.65. The molecule has 0 saturated heterocycles. The summed E-state index contributed by atoms with van der Waals surface area (Å²) in [4.78, 5) is 13.3. The Kier molecular flexibility index (Phi) is 6.28. The Morgan fingerprint density at radius 1 is 1.17 bits per heavy atom. The summed E-state index contributed by atoms with van der Waals surface area (Å²) < 4.78 is 24.5. The number of carbonyl (C=O) groups excluding carboxylic acids is 1. The zero-order valence-electron chi connectivity index (χ0n) is 10.2. The van der Waals surface area contributed by atoms with Gasteiger partial charge in [-0.25, -0.2) is 4.39 Å². The van der Waals surface area contributed by atoms with Crippen LogP contribution in [0.1, 0.15) is 18.0 Å². The summed E-state index contributed by atoms with van der Waals surface area (Å²) in [5.74, 6) is -0.368. The summed E-state index contributed by atoms with van der Waals surface area (Å²) in [7, 11) is 0. The van der Waals surface area contributed by atoms with Gasteiger partial charge in [-0.05, 0) is 12.0 Å². The first kappa shape index (κ1) is 14.6. The van der Waals surface area contributed by atoms with Crippen LogP contribution < -0.4 is 5.73 Å². The van der Waals surface area contributed by atoms with E-state index in [-0.39, 0.29) is 25.4 Å². The molecule has 1 aromatic carbocycles. The van der Waals surface area contributed by atoms with Crippen LogP contribution in [0.2, 0.25) is 0 Å². The van der Waals surface area contributed by atoms with Crippen LogP contribution >= 0.6 is 0 Å². The van der Waals surface area contributed by atoms with Gasteiger partial charge < -0.3 is 10.6 Å². The fraction of sp³-hybridized carbons (Fsp3) is 0.462. The van der Waals surface area contributed by atoms with Gasteiger partial charge in [0.15, 0.2) is 0 Å². The van der Waals surface area contributed by atoms with Crippen molar-refractivity contribution in [2.24, 2.45) is 5.73 Å². The predicted molar refractivity (Wildman–Crippen MR) is 66.5 cm³/mol. The Labute approximate surface area is 106 Å². The fourth-order valence-electron chi connectivity index (χ4n) is 1.68. The zero-order valence-corrected chi connectivity index (χ0v) is 10.2. The maximum Gasteiger partial charge on any atom is 0.244 e. The average Bonchev–Trinajstić information content (AvgIpc) is 2.43. The van der Waals surface area contributed by atoms with E-state index in [0.717, 1.165) is 0 Å². The molecule has 2 N–H and O–H groups in total. The molecular formula is C13H18F2N2O. The number of halogens is 2. The predicted octanol–water partition coefficient (Wildman–Crippen LogP) is 1.84. The van der Waals surface area contributed by atoms with E-state index in [2.05, 4.69) is 0 Å². The molecule has 0 aliphatic carbocycles. The summed E-state index contributed by atoms with van der Waals surface area (Å²) in [5, 5.41) is 0. The summed E-state index contributed by atoms with van der Waals surface area (Å²) in [6.45, 7) is -1.03. The normalized spacial score (nSPS) is 12.2. The molecule has 0 aliphatic heterocycles. The Bertz CT molecular complexity index is 359. The van der Waals surface area contributed by atoms with Crippen molar-refractivity contribution >= 4 is 5.91 Å². The molecule has 5 heteroatoms. The lowest BCUT2D eigenvalue weighted by atomic mass is 10.1. The van der Waals surface area contributed by atoms with E-state index in [1.165, 1.54) is 4.90 Å². The van der Waals surface area contributed by atoms with E-state index in [0.29, 0.717) is 5.56 Å². The minimum atomic E-state index is -0.822. The molecule has 0 bridgehead atoms. The summed E-state index contributed by atoms with van der Waals surface area (Å²) >= 11 is 0. The second kappa shape index (κ2) is 7.76. The summed E-state index contributed by atoms with van der Waals surface area (Å²) in [5.41, 5.74) is 6.51. The third kappa shape index (κ3) is 4.07. The highest BCUT2D eigenvalue weighted by molar-refractivity contribution is 5.83. The molecule has 1 amide bonds. The molecule has 0 aromatic heterocycles. The van der Waals surface area contributed by atoms with Crippen molar-refractivity contribution in [1.29, 1.82) is 0 Å². The molecule has 100 valence electrons. The monoisotopic (exact) mass is 256 g/mol. The lowest BCUT2D eigenvalue weighted by molar-refractivity contribution is -0.133. The van der Waals surface area contributed by atoms with Crippen LogP contribution in [0.4, 0.5) is 8.78 Å². The lowest BCUT2D eigenvalue weighted by Gasteiger charge is -2.24. The first-order chi connectivity index (χ1) is 8.70. The minimum absolute atomic E-state index is 0.0423. The number of alkyl halides is 2. The van der Waals surface area contributed by atoms with Gasteiger partial charge in [0.25, 0.3) is 0 Å². The van der Waals surface area contributed by atoms with Gasteiger partial charge in [-0.2, -0.15) is 0 Å². The van der Waals surface area contributed by atoms with Crippen LogP contribution in [0.5, 0.6) is 0 Å². The molecule has 3 nitrogen and oxygen atoms in total. The van der Waals surface area contributed by atoms with Crippen LogP contribution in [-0.2, 0) is 4.79 Å². The van der Waals surface area contributed by atoms with Gasteiger partial charge in [0, 0.05) is 13.1 Å². The number of amides is 1. The van der Waals surface area contributed by atoms with Crippen molar-refractivity contribution in [2.45, 2.75) is 12.5 Å². The highest BCUT2D eigenvalue weighted by Gasteiger charge is 2.21. The average molecular weight is 256 g/mol. The SMILES string of the molecule is N[C@H](C(=O)N(CCF)CCCF)c1ccccc1. The molecule has 1 atom stereocenters. The maximum absolute atomic E-state index is 12.4. The summed E-state index contributed by atoms with van der Waals surface area (Å²) in [6.07, 6.45) is 0.202. The van der Waals surface area contributed by atoms with Crippen LogP contribution in [0.25, 0.3) is 0 Å². The Morgan fingerprint density at radius 3 is 2.39 bits per heavy atom. The molecule has 0 radical (unpaired) electrons. The van der Waals surface area contributed by atoms with Crippen molar-refractivity contribution in [3.63, 3.8) is 0 Å². The molecule has 0 heterocycles. The van der Waals surface area contributed by atoms with Gasteiger partial charge in [0.05, 0.1) is 6.67 Å². The second-order valence-electron chi connectivity index (χ2n) is 3.95. The molecule has 1 aromatic rings. The number of nitrogens with zero attached hydrogens (tertiary/aromatic N) is 1. The highest BCUT2D eigenvalue weighted by atomic mass is 19.1. The Hall–Kier alpha value is -1.49. The molecule has 0 unspecified atom stereocenters.